The molecule has 0 saturated carbocycles. The van der Waals surface area contributed by atoms with E-state index in [4.69, 9.17) is 0 Å². The van der Waals surface area contributed by atoms with Gasteiger partial charge in [0.1, 0.15) is 11.6 Å². The third-order valence-corrected chi connectivity index (χ3v) is 3.31. The fraction of sp³-hybridized carbons (Fsp3) is 0.143. The van der Waals surface area contributed by atoms with Gasteiger partial charge in [-0.1, -0.05) is 0 Å². The van der Waals surface area contributed by atoms with Gasteiger partial charge in [-0.3, -0.25) is 0 Å². The molecular formula is C14H9BF6O. The molecule has 0 amide bonds. The summed E-state index contributed by atoms with van der Waals surface area (Å²) in [4.78, 5) is 0. The summed E-state index contributed by atoms with van der Waals surface area (Å²) < 4.78 is 85.8. The highest BCUT2D eigenvalue weighted by Crippen LogP contribution is 2.21. The van der Waals surface area contributed by atoms with Crippen LogP contribution in [0.2, 0.25) is 0 Å². The Hall–Kier alpha value is -2.12. The summed E-state index contributed by atoms with van der Waals surface area (Å²) in [7, 11) is 0.260. The van der Waals surface area contributed by atoms with Crippen molar-refractivity contribution in [1.29, 1.82) is 0 Å². The standard InChI is InChI=1S/C14H9BF6O/c1-5-10(6(16)3-8(18)12(5)20)15-11-7(17)4-9(19)14(22-2)13(11)21/h3-4,15H,1-2H3. The summed E-state index contributed by atoms with van der Waals surface area (Å²) in [5, 5.41) is 0. The fourth-order valence-electron chi connectivity index (χ4n) is 2.11. The molecule has 0 saturated heterocycles. The molecule has 0 atom stereocenters. The molecule has 0 aliphatic carbocycles. The highest BCUT2D eigenvalue weighted by Gasteiger charge is 2.24. The van der Waals surface area contributed by atoms with Crippen LogP contribution in [0.15, 0.2) is 12.1 Å². The van der Waals surface area contributed by atoms with E-state index in [-0.39, 0.29) is 6.07 Å². The molecule has 8 heteroatoms. The molecule has 0 bridgehead atoms. The molecule has 0 aliphatic rings. The molecule has 22 heavy (non-hydrogen) atoms. The van der Waals surface area contributed by atoms with Crippen LogP contribution in [0.25, 0.3) is 0 Å². The summed E-state index contributed by atoms with van der Waals surface area (Å²) in [5.41, 5.74) is -1.55. The highest BCUT2D eigenvalue weighted by molar-refractivity contribution is 6.68. The Morgan fingerprint density at radius 2 is 1.32 bits per heavy atom. The van der Waals surface area contributed by atoms with Gasteiger partial charge >= 0.3 is 0 Å². The quantitative estimate of drug-likeness (QED) is 0.479. The smallest absolute Gasteiger partial charge is 0.204 e. The zero-order chi connectivity index (χ0) is 16.6. The van der Waals surface area contributed by atoms with Crippen LogP contribution in [-0.4, -0.2) is 14.4 Å². The Bertz CT molecular complexity index is 747. The third-order valence-electron chi connectivity index (χ3n) is 3.31. The van der Waals surface area contributed by atoms with Gasteiger partial charge in [0, 0.05) is 12.1 Å². The van der Waals surface area contributed by atoms with E-state index >= 15 is 0 Å². The lowest BCUT2D eigenvalue weighted by Crippen LogP contribution is -2.37. The third kappa shape index (κ3) is 2.65. The zero-order valence-electron chi connectivity index (χ0n) is 11.5. The molecule has 0 aromatic heterocycles. The summed E-state index contributed by atoms with van der Waals surface area (Å²) >= 11 is 0. The lowest BCUT2D eigenvalue weighted by atomic mass is 9.61. The molecule has 0 fully saturated rings. The molecule has 0 N–H and O–H groups in total. The van der Waals surface area contributed by atoms with E-state index in [0.717, 1.165) is 14.0 Å². The molecular weight excluding hydrogens is 309 g/mol. The van der Waals surface area contributed by atoms with E-state index in [2.05, 4.69) is 4.74 Å². The lowest BCUT2D eigenvalue weighted by molar-refractivity contribution is 0.358. The van der Waals surface area contributed by atoms with Crippen molar-refractivity contribution in [3.63, 3.8) is 0 Å². The molecule has 0 unspecified atom stereocenters. The largest absolute Gasteiger partial charge is 0.491 e. The van der Waals surface area contributed by atoms with Crippen molar-refractivity contribution in [2.45, 2.75) is 6.92 Å². The number of benzene rings is 2. The number of ether oxygens (including phenoxy) is 1. The second kappa shape index (κ2) is 5.94. The van der Waals surface area contributed by atoms with Crippen molar-refractivity contribution in [3.8, 4) is 5.75 Å². The second-order valence-corrected chi connectivity index (χ2v) is 4.60. The van der Waals surface area contributed by atoms with Gasteiger partial charge in [0.25, 0.3) is 0 Å². The molecule has 0 spiro atoms. The Balaban J connectivity index is 2.60. The maximum absolute atomic E-state index is 14.0. The predicted molar refractivity (Wildman–Crippen MR) is 70.3 cm³/mol. The molecule has 0 radical (unpaired) electrons. The van der Waals surface area contributed by atoms with E-state index in [1.807, 2.05) is 0 Å². The van der Waals surface area contributed by atoms with Crippen LogP contribution in [0.3, 0.4) is 0 Å². The Morgan fingerprint density at radius 3 is 1.91 bits per heavy atom. The molecule has 2 aromatic rings. The van der Waals surface area contributed by atoms with E-state index in [9.17, 15) is 26.3 Å². The topological polar surface area (TPSA) is 9.23 Å². The Morgan fingerprint density at radius 1 is 0.773 bits per heavy atom. The van der Waals surface area contributed by atoms with Gasteiger partial charge in [0.15, 0.2) is 29.0 Å². The average molecular weight is 318 g/mol. The van der Waals surface area contributed by atoms with Crippen LogP contribution >= 0.6 is 0 Å². The van der Waals surface area contributed by atoms with E-state index in [1.165, 1.54) is 0 Å². The minimum atomic E-state index is -1.41. The molecule has 2 rings (SSSR count). The van der Waals surface area contributed by atoms with Gasteiger partial charge in [0.2, 0.25) is 7.28 Å². The van der Waals surface area contributed by atoms with Gasteiger partial charge in [-0.2, -0.15) is 0 Å². The van der Waals surface area contributed by atoms with E-state index in [1.54, 1.807) is 0 Å². The summed E-state index contributed by atoms with van der Waals surface area (Å²) in [6, 6.07) is 0.665. The zero-order valence-corrected chi connectivity index (χ0v) is 11.5. The van der Waals surface area contributed by atoms with Gasteiger partial charge < -0.3 is 4.74 Å². The number of methoxy groups -OCH3 is 1. The summed E-state index contributed by atoms with van der Waals surface area (Å²) in [6.07, 6.45) is 0. The minimum Gasteiger partial charge on any atom is -0.491 e. The van der Waals surface area contributed by atoms with Crippen LogP contribution in [-0.2, 0) is 0 Å². The highest BCUT2D eigenvalue weighted by atomic mass is 19.2. The summed E-state index contributed by atoms with van der Waals surface area (Å²) in [6.45, 7) is 1.08. The summed E-state index contributed by atoms with van der Waals surface area (Å²) in [5.74, 6) is -8.61. The van der Waals surface area contributed by atoms with Crippen molar-refractivity contribution in [2.24, 2.45) is 0 Å². The van der Waals surface area contributed by atoms with Crippen LogP contribution in [0.5, 0.6) is 5.75 Å². The Kier molecular flexibility index (Phi) is 4.39. The van der Waals surface area contributed by atoms with Gasteiger partial charge in [-0.15, -0.1) is 0 Å². The first-order chi connectivity index (χ1) is 10.3. The number of rotatable bonds is 3. The monoisotopic (exact) mass is 318 g/mol. The molecule has 0 aliphatic heterocycles. The van der Waals surface area contributed by atoms with Crippen molar-refractivity contribution >= 4 is 18.2 Å². The number of hydrogen-bond acceptors (Lipinski definition) is 1. The molecule has 116 valence electrons. The molecule has 1 nitrogen and oxygen atoms in total. The van der Waals surface area contributed by atoms with Crippen LogP contribution in [0.4, 0.5) is 26.3 Å². The first-order valence-electron chi connectivity index (χ1n) is 6.11. The van der Waals surface area contributed by atoms with Crippen molar-refractivity contribution in [3.05, 3.63) is 52.6 Å². The first kappa shape index (κ1) is 16.3. The second-order valence-electron chi connectivity index (χ2n) is 4.60. The lowest BCUT2D eigenvalue weighted by Gasteiger charge is -2.12. The SMILES string of the molecule is COc1c(F)cc(F)c(Bc2c(F)cc(F)c(F)c2C)c1F. The maximum atomic E-state index is 14.0. The maximum Gasteiger partial charge on any atom is 0.204 e. The fourth-order valence-corrected chi connectivity index (χ4v) is 2.11. The Labute approximate surface area is 122 Å². The van der Waals surface area contributed by atoms with E-state index < -0.39 is 64.4 Å². The van der Waals surface area contributed by atoms with Crippen molar-refractivity contribution in [2.75, 3.05) is 7.11 Å². The number of halogens is 6. The first-order valence-corrected chi connectivity index (χ1v) is 6.11. The number of hydrogen-bond donors (Lipinski definition) is 0. The van der Waals surface area contributed by atoms with Crippen LogP contribution < -0.4 is 15.7 Å². The minimum absolute atomic E-state index is 0.286. The van der Waals surface area contributed by atoms with Gasteiger partial charge in [-0.05, 0) is 23.4 Å². The van der Waals surface area contributed by atoms with Gasteiger partial charge in [-0.25, -0.2) is 26.3 Å². The predicted octanol–water partition coefficient (Wildman–Crippen LogP) is 2.23. The van der Waals surface area contributed by atoms with Crippen molar-refractivity contribution in [1.82, 2.24) is 0 Å². The molecule has 2 aromatic carbocycles. The van der Waals surface area contributed by atoms with E-state index in [0.29, 0.717) is 6.07 Å². The van der Waals surface area contributed by atoms with Crippen LogP contribution in [0, 0.1) is 41.8 Å². The normalized spacial score (nSPS) is 10.7. The van der Waals surface area contributed by atoms with Crippen LogP contribution in [0.1, 0.15) is 5.56 Å². The van der Waals surface area contributed by atoms with Gasteiger partial charge in [0.05, 0.1) is 7.11 Å². The van der Waals surface area contributed by atoms with Crippen molar-refractivity contribution < 1.29 is 31.1 Å². The molecule has 0 heterocycles. The average Bonchev–Trinajstić information content (AvgIpc) is 2.44.